The highest BCUT2D eigenvalue weighted by atomic mass is 35.5. The van der Waals surface area contributed by atoms with Gasteiger partial charge in [-0.15, -0.1) is 12.4 Å². The van der Waals surface area contributed by atoms with Gasteiger partial charge in [-0.3, -0.25) is 4.79 Å². The number of hydrogen-bond donors (Lipinski definition) is 1. The topological polar surface area (TPSA) is 55.6 Å². The van der Waals surface area contributed by atoms with E-state index in [9.17, 15) is 4.79 Å². The highest BCUT2D eigenvalue weighted by Crippen LogP contribution is 2.37. The summed E-state index contributed by atoms with van der Waals surface area (Å²) in [6, 6.07) is 8.32. The molecule has 1 heterocycles. The second kappa shape index (κ2) is 7.55. The summed E-state index contributed by atoms with van der Waals surface area (Å²) in [5.74, 6) is 1.89. The first-order valence-corrected chi connectivity index (χ1v) is 9.07. The molecule has 2 aliphatic rings. The maximum absolute atomic E-state index is 12.7. The summed E-state index contributed by atoms with van der Waals surface area (Å²) in [5, 5.41) is 0. The van der Waals surface area contributed by atoms with Gasteiger partial charge in [0.15, 0.2) is 6.10 Å². The first-order chi connectivity index (χ1) is 11.3. The predicted molar refractivity (Wildman–Crippen MR) is 103 cm³/mol. The van der Waals surface area contributed by atoms with Gasteiger partial charge < -0.3 is 15.4 Å². The fourth-order valence-electron chi connectivity index (χ4n) is 4.03. The lowest BCUT2D eigenvalue weighted by Gasteiger charge is -2.24. The number of benzene rings is 1. The van der Waals surface area contributed by atoms with E-state index in [1.54, 1.807) is 0 Å². The standard InChI is InChI=1S/C20H30N2O2.ClH/c1-13(24-16-8-6-15(7-9-16)20(2,3)4)19(23)22-11-14-5-10-18(21)17(14)12-22;/h6-9,13-14,17-18H,5,10-12,21H2,1-4H3;1H. The Kier molecular flexibility index (Phi) is 6.05. The molecule has 4 unspecified atom stereocenters. The second-order valence-electron chi connectivity index (χ2n) is 8.44. The first kappa shape index (κ1) is 20.1. The third-order valence-corrected chi connectivity index (χ3v) is 5.60. The van der Waals surface area contributed by atoms with Gasteiger partial charge in [-0.25, -0.2) is 0 Å². The van der Waals surface area contributed by atoms with Gasteiger partial charge in [0.2, 0.25) is 0 Å². The molecule has 4 nitrogen and oxygen atoms in total. The molecule has 4 atom stereocenters. The third kappa shape index (κ3) is 4.29. The van der Waals surface area contributed by atoms with E-state index in [1.807, 2.05) is 24.0 Å². The summed E-state index contributed by atoms with van der Waals surface area (Å²) >= 11 is 0. The number of carbonyl (C=O) groups excluding carboxylic acids is 1. The van der Waals surface area contributed by atoms with Gasteiger partial charge in [0, 0.05) is 19.1 Å². The molecule has 1 aliphatic heterocycles. The molecular weight excluding hydrogens is 336 g/mol. The molecule has 1 aromatic carbocycles. The average molecular weight is 367 g/mol. The van der Waals surface area contributed by atoms with Crippen molar-refractivity contribution in [1.82, 2.24) is 4.90 Å². The Bertz CT molecular complexity index is 597. The number of nitrogens with two attached hydrogens (primary N) is 1. The lowest BCUT2D eigenvalue weighted by atomic mass is 9.87. The number of fused-ring (bicyclic) bond motifs is 1. The van der Waals surface area contributed by atoms with Crippen LogP contribution in [0.2, 0.25) is 0 Å². The monoisotopic (exact) mass is 366 g/mol. The van der Waals surface area contributed by atoms with Crippen molar-refractivity contribution in [2.24, 2.45) is 17.6 Å². The molecule has 1 aliphatic carbocycles. The Labute approximate surface area is 157 Å². The quantitative estimate of drug-likeness (QED) is 0.892. The van der Waals surface area contributed by atoms with Crippen LogP contribution >= 0.6 is 12.4 Å². The van der Waals surface area contributed by atoms with Crippen LogP contribution in [0.25, 0.3) is 0 Å². The van der Waals surface area contributed by atoms with E-state index in [0.29, 0.717) is 11.8 Å². The van der Waals surface area contributed by atoms with Crippen molar-refractivity contribution >= 4 is 18.3 Å². The van der Waals surface area contributed by atoms with Gasteiger partial charge in [-0.2, -0.15) is 0 Å². The van der Waals surface area contributed by atoms with Gasteiger partial charge in [0.05, 0.1) is 0 Å². The van der Waals surface area contributed by atoms with Crippen molar-refractivity contribution in [3.05, 3.63) is 29.8 Å². The molecule has 0 spiro atoms. The second-order valence-corrected chi connectivity index (χ2v) is 8.44. The molecule has 25 heavy (non-hydrogen) atoms. The van der Waals surface area contributed by atoms with Crippen LogP contribution < -0.4 is 10.5 Å². The minimum Gasteiger partial charge on any atom is -0.481 e. The Morgan fingerprint density at radius 2 is 1.84 bits per heavy atom. The third-order valence-electron chi connectivity index (χ3n) is 5.60. The average Bonchev–Trinajstić information content (AvgIpc) is 3.08. The molecule has 1 aromatic rings. The number of ether oxygens (including phenoxy) is 1. The number of hydrogen-bond acceptors (Lipinski definition) is 3. The summed E-state index contributed by atoms with van der Waals surface area (Å²) in [6.07, 6.45) is 1.79. The lowest BCUT2D eigenvalue weighted by molar-refractivity contribution is -0.137. The zero-order valence-electron chi connectivity index (χ0n) is 15.7. The maximum atomic E-state index is 12.7. The van der Waals surface area contributed by atoms with Crippen LogP contribution in [0.4, 0.5) is 0 Å². The van der Waals surface area contributed by atoms with E-state index in [1.165, 1.54) is 5.56 Å². The Morgan fingerprint density at radius 1 is 1.20 bits per heavy atom. The van der Waals surface area contributed by atoms with Crippen LogP contribution in [0.15, 0.2) is 24.3 Å². The maximum Gasteiger partial charge on any atom is 0.263 e. The van der Waals surface area contributed by atoms with Gasteiger partial charge in [-0.1, -0.05) is 32.9 Å². The molecule has 140 valence electrons. The molecule has 1 saturated carbocycles. The van der Waals surface area contributed by atoms with Crippen LogP contribution in [0.5, 0.6) is 5.75 Å². The van der Waals surface area contributed by atoms with Gasteiger partial charge in [0.1, 0.15) is 5.75 Å². The normalized spacial score (nSPS) is 26.8. The molecule has 3 rings (SSSR count). The highest BCUT2D eigenvalue weighted by Gasteiger charge is 2.43. The molecule has 2 fully saturated rings. The van der Waals surface area contributed by atoms with Gasteiger partial charge in [-0.05, 0) is 54.7 Å². The van der Waals surface area contributed by atoms with Crippen molar-refractivity contribution < 1.29 is 9.53 Å². The summed E-state index contributed by atoms with van der Waals surface area (Å²) in [7, 11) is 0. The molecule has 1 saturated heterocycles. The number of rotatable bonds is 3. The molecular formula is C20H31ClN2O2. The minimum absolute atomic E-state index is 0. The summed E-state index contributed by atoms with van der Waals surface area (Å²) in [6.45, 7) is 10.0. The summed E-state index contributed by atoms with van der Waals surface area (Å²) < 4.78 is 5.88. The fraction of sp³-hybridized carbons (Fsp3) is 0.650. The van der Waals surface area contributed by atoms with E-state index in [0.717, 1.165) is 31.7 Å². The SMILES string of the molecule is CC(Oc1ccc(C(C)(C)C)cc1)C(=O)N1CC2CCC(N)C2C1.Cl. The minimum atomic E-state index is -0.458. The first-order valence-electron chi connectivity index (χ1n) is 9.07. The molecule has 1 amide bonds. The fourth-order valence-corrected chi connectivity index (χ4v) is 4.03. The van der Waals surface area contributed by atoms with E-state index in [-0.39, 0.29) is 29.8 Å². The van der Waals surface area contributed by atoms with Crippen LogP contribution in [-0.2, 0) is 10.2 Å². The molecule has 2 N–H and O–H groups in total. The van der Waals surface area contributed by atoms with Crippen molar-refractivity contribution in [2.75, 3.05) is 13.1 Å². The Morgan fingerprint density at radius 3 is 2.40 bits per heavy atom. The van der Waals surface area contributed by atoms with Crippen molar-refractivity contribution in [3.63, 3.8) is 0 Å². The summed E-state index contributed by atoms with van der Waals surface area (Å²) in [5.41, 5.74) is 7.54. The Hall–Kier alpha value is -1.26. The van der Waals surface area contributed by atoms with E-state index < -0.39 is 6.10 Å². The van der Waals surface area contributed by atoms with Gasteiger partial charge in [0.25, 0.3) is 5.91 Å². The van der Waals surface area contributed by atoms with E-state index in [4.69, 9.17) is 10.5 Å². The molecule has 0 aromatic heterocycles. The molecule has 0 radical (unpaired) electrons. The van der Waals surface area contributed by atoms with Crippen molar-refractivity contribution in [3.8, 4) is 5.75 Å². The van der Waals surface area contributed by atoms with E-state index >= 15 is 0 Å². The zero-order valence-corrected chi connectivity index (χ0v) is 16.5. The van der Waals surface area contributed by atoms with Crippen LogP contribution in [0.3, 0.4) is 0 Å². The number of halogens is 1. The smallest absolute Gasteiger partial charge is 0.263 e. The van der Waals surface area contributed by atoms with Gasteiger partial charge >= 0.3 is 0 Å². The Balaban J connectivity index is 0.00000225. The van der Waals surface area contributed by atoms with Crippen molar-refractivity contribution in [2.45, 2.75) is 58.1 Å². The summed E-state index contributed by atoms with van der Waals surface area (Å²) in [4.78, 5) is 14.6. The zero-order chi connectivity index (χ0) is 17.5. The molecule has 5 heteroatoms. The number of nitrogens with zero attached hydrogens (tertiary/aromatic N) is 1. The number of carbonyl (C=O) groups is 1. The van der Waals surface area contributed by atoms with Crippen molar-refractivity contribution in [1.29, 1.82) is 0 Å². The van der Waals surface area contributed by atoms with E-state index in [2.05, 4.69) is 32.9 Å². The number of likely N-dealkylation sites (tertiary alicyclic amines) is 1. The largest absolute Gasteiger partial charge is 0.481 e. The van der Waals surface area contributed by atoms with Crippen LogP contribution in [0.1, 0.15) is 46.1 Å². The van der Waals surface area contributed by atoms with Crippen LogP contribution in [0, 0.1) is 11.8 Å². The predicted octanol–water partition coefficient (Wildman–Crippen LogP) is 3.37. The molecule has 0 bridgehead atoms. The number of amides is 1. The highest BCUT2D eigenvalue weighted by molar-refractivity contribution is 5.85. The lowest BCUT2D eigenvalue weighted by Crippen LogP contribution is -2.40. The van der Waals surface area contributed by atoms with Crippen LogP contribution in [-0.4, -0.2) is 36.0 Å².